The van der Waals surface area contributed by atoms with Gasteiger partial charge < -0.3 is 24.8 Å². The summed E-state index contributed by atoms with van der Waals surface area (Å²) in [5, 5.41) is 7.41. The van der Waals surface area contributed by atoms with Crippen LogP contribution in [0, 0.1) is 5.41 Å². The zero-order chi connectivity index (χ0) is 26.5. The number of benzene rings is 2. The largest absolute Gasteiger partial charge is 0.466 e. The monoisotopic (exact) mass is 495 g/mol. The van der Waals surface area contributed by atoms with Gasteiger partial charge in [0.1, 0.15) is 11.6 Å². The third-order valence-electron chi connectivity index (χ3n) is 5.20. The molecule has 2 aromatic carbocycles. The average Bonchev–Trinajstić information content (AvgIpc) is 2.86. The van der Waals surface area contributed by atoms with E-state index in [1.807, 2.05) is 0 Å². The minimum Gasteiger partial charge on any atom is -0.466 e. The maximum atomic E-state index is 13.0. The van der Waals surface area contributed by atoms with Crippen LogP contribution in [0.5, 0.6) is 5.75 Å². The van der Waals surface area contributed by atoms with Gasteiger partial charge in [-0.05, 0) is 68.3 Å². The molecule has 1 amide bonds. The predicted octanol–water partition coefficient (Wildman–Crippen LogP) is 3.41. The van der Waals surface area contributed by atoms with Crippen molar-refractivity contribution < 1.29 is 28.6 Å². The summed E-state index contributed by atoms with van der Waals surface area (Å²) in [6, 6.07) is 13.0. The van der Waals surface area contributed by atoms with E-state index in [-0.39, 0.29) is 30.7 Å². The highest BCUT2D eigenvalue weighted by Crippen LogP contribution is 2.16. The molecule has 2 aromatic rings. The molecule has 0 unspecified atom stereocenters. The van der Waals surface area contributed by atoms with Crippen molar-refractivity contribution in [1.82, 2.24) is 4.90 Å². The number of methoxy groups -OCH3 is 1. The fraction of sp³-hybridized carbons (Fsp3) is 0.333. The number of rotatable bonds is 13. The van der Waals surface area contributed by atoms with Crippen LogP contribution in [-0.4, -0.2) is 62.0 Å². The van der Waals surface area contributed by atoms with Crippen molar-refractivity contribution in [1.29, 1.82) is 5.41 Å². The first-order valence-corrected chi connectivity index (χ1v) is 11.6. The highest BCUT2D eigenvalue weighted by molar-refractivity contribution is 5.98. The number of hydrogen-bond donors (Lipinski definition) is 2. The number of carbonyl (C=O) groups is 3. The zero-order valence-corrected chi connectivity index (χ0v) is 20.9. The number of nitrogens with one attached hydrogen (secondary N) is 1. The van der Waals surface area contributed by atoms with Crippen LogP contribution in [0.15, 0.2) is 54.1 Å². The Balaban J connectivity index is 2.04. The Labute approximate surface area is 211 Å². The number of nitrogens with zero attached hydrogens (tertiary/aromatic N) is 1. The molecule has 36 heavy (non-hydrogen) atoms. The highest BCUT2D eigenvalue weighted by Gasteiger charge is 2.17. The summed E-state index contributed by atoms with van der Waals surface area (Å²) >= 11 is 0. The van der Waals surface area contributed by atoms with Crippen LogP contribution in [0.2, 0.25) is 0 Å². The van der Waals surface area contributed by atoms with Crippen LogP contribution in [0.3, 0.4) is 0 Å². The molecule has 0 fully saturated rings. The Morgan fingerprint density at radius 1 is 1.00 bits per heavy atom. The van der Waals surface area contributed by atoms with Gasteiger partial charge in [0.05, 0.1) is 18.6 Å². The number of amidine groups is 1. The van der Waals surface area contributed by atoms with Crippen molar-refractivity contribution in [2.75, 3.05) is 33.4 Å². The zero-order valence-electron chi connectivity index (χ0n) is 20.9. The van der Waals surface area contributed by atoms with Crippen molar-refractivity contribution >= 4 is 29.8 Å². The fourth-order valence-corrected chi connectivity index (χ4v) is 3.32. The minimum absolute atomic E-state index is 0.0672. The Hall–Kier alpha value is -3.98. The molecular weight excluding hydrogens is 462 g/mol. The first-order valence-electron chi connectivity index (χ1n) is 11.6. The summed E-state index contributed by atoms with van der Waals surface area (Å²) < 4.78 is 15.4. The van der Waals surface area contributed by atoms with Crippen LogP contribution < -0.4 is 10.5 Å². The SMILES string of the molecule is CCOC(=O)CCN(CCCOC)C(=O)C(C)=Cc1ccc(C(=O)Oc2ccc(C(=N)N)cc2)cc1. The summed E-state index contributed by atoms with van der Waals surface area (Å²) in [5.41, 5.74) is 7.55. The standard InChI is InChI=1S/C27H33N3O6/c1-4-35-24(31)14-16-30(15-5-17-34-3)26(32)19(2)18-20-6-8-22(9-7-20)27(33)36-23-12-10-21(11-13-23)25(28)29/h6-13,18H,4-5,14-17H2,1-3H3,(H3,28,29). The molecule has 9 nitrogen and oxygen atoms in total. The van der Waals surface area contributed by atoms with E-state index in [0.717, 1.165) is 5.56 Å². The molecule has 0 radical (unpaired) electrons. The number of nitrogens with two attached hydrogens (primary N) is 1. The molecule has 3 N–H and O–H groups in total. The second-order valence-electron chi connectivity index (χ2n) is 7.97. The second-order valence-corrected chi connectivity index (χ2v) is 7.97. The smallest absolute Gasteiger partial charge is 0.343 e. The lowest BCUT2D eigenvalue weighted by Crippen LogP contribution is -2.35. The summed E-state index contributed by atoms with van der Waals surface area (Å²) in [6.07, 6.45) is 2.49. The minimum atomic E-state index is -0.530. The first-order chi connectivity index (χ1) is 17.2. The molecule has 9 heteroatoms. The number of amides is 1. The van der Waals surface area contributed by atoms with E-state index in [1.165, 1.54) is 0 Å². The molecule has 2 rings (SSSR count). The maximum absolute atomic E-state index is 13.0. The summed E-state index contributed by atoms with van der Waals surface area (Å²) in [6.45, 7) is 4.96. The number of hydrogen-bond acceptors (Lipinski definition) is 7. The molecule has 0 bridgehead atoms. The summed E-state index contributed by atoms with van der Waals surface area (Å²) in [4.78, 5) is 38.8. The lowest BCUT2D eigenvalue weighted by atomic mass is 10.1. The van der Waals surface area contributed by atoms with Crippen molar-refractivity contribution in [3.63, 3.8) is 0 Å². The van der Waals surface area contributed by atoms with E-state index in [1.54, 1.807) is 80.5 Å². The fourth-order valence-electron chi connectivity index (χ4n) is 3.32. The van der Waals surface area contributed by atoms with Crippen LogP contribution in [0.4, 0.5) is 0 Å². The molecule has 0 saturated carbocycles. The van der Waals surface area contributed by atoms with Gasteiger partial charge in [0.15, 0.2) is 0 Å². The van der Waals surface area contributed by atoms with E-state index in [2.05, 4.69) is 0 Å². The Bertz CT molecular complexity index is 1080. The van der Waals surface area contributed by atoms with Crippen LogP contribution in [0.25, 0.3) is 6.08 Å². The number of nitrogen functional groups attached to an aromatic ring is 1. The van der Waals surface area contributed by atoms with Gasteiger partial charge in [-0.2, -0.15) is 0 Å². The number of ether oxygens (including phenoxy) is 3. The van der Waals surface area contributed by atoms with Gasteiger partial charge in [0.25, 0.3) is 0 Å². The van der Waals surface area contributed by atoms with Crippen molar-refractivity contribution in [3.8, 4) is 5.75 Å². The number of carbonyl (C=O) groups excluding carboxylic acids is 3. The van der Waals surface area contributed by atoms with E-state index in [9.17, 15) is 14.4 Å². The Morgan fingerprint density at radius 2 is 1.64 bits per heavy atom. The van der Waals surface area contributed by atoms with Gasteiger partial charge in [-0.1, -0.05) is 12.1 Å². The molecule has 0 aliphatic heterocycles. The van der Waals surface area contributed by atoms with Crippen LogP contribution in [0.1, 0.15) is 48.2 Å². The van der Waals surface area contributed by atoms with Gasteiger partial charge in [0.2, 0.25) is 5.91 Å². The van der Waals surface area contributed by atoms with E-state index in [0.29, 0.717) is 48.6 Å². The highest BCUT2D eigenvalue weighted by atomic mass is 16.5. The number of esters is 2. The van der Waals surface area contributed by atoms with Gasteiger partial charge in [0, 0.05) is 37.9 Å². The van der Waals surface area contributed by atoms with Gasteiger partial charge >= 0.3 is 11.9 Å². The molecular formula is C27H33N3O6. The van der Waals surface area contributed by atoms with Crippen LogP contribution >= 0.6 is 0 Å². The predicted molar refractivity (Wildman–Crippen MR) is 137 cm³/mol. The Morgan fingerprint density at radius 3 is 2.22 bits per heavy atom. The topological polar surface area (TPSA) is 132 Å². The third-order valence-corrected chi connectivity index (χ3v) is 5.20. The molecule has 0 spiro atoms. The van der Waals surface area contributed by atoms with Crippen LogP contribution in [-0.2, 0) is 19.1 Å². The molecule has 0 aromatic heterocycles. The van der Waals surface area contributed by atoms with Crippen molar-refractivity contribution in [2.45, 2.75) is 26.7 Å². The first kappa shape index (κ1) is 28.3. The average molecular weight is 496 g/mol. The lowest BCUT2D eigenvalue weighted by molar-refractivity contribution is -0.143. The lowest BCUT2D eigenvalue weighted by Gasteiger charge is -2.22. The second kappa shape index (κ2) is 14.4. The molecule has 0 aliphatic rings. The summed E-state index contributed by atoms with van der Waals surface area (Å²) in [7, 11) is 1.60. The van der Waals surface area contributed by atoms with Crippen molar-refractivity contribution in [3.05, 3.63) is 70.8 Å². The Kier molecular flexibility index (Phi) is 11.3. The maximum Gasteiger partial charge on any atom is 0.343 e. The molecule has 0 aliphatic carbocycles. The quantitative estimate of drug-likeness (QED) is 0.109. The molecule has 0 atom stereocenters. The van der Waals surface area contributed by atoms with Gasteiger partial charge in [-0.15, -0.1) is 0 Å². The third kappa shape index (κ3) is 8.99. The van der Waals surface area contributed by atoms with Crippen molar-refractivity contribution in [2.24, 2.45) is 5.73 Å². The van der Waals surface area contributed by atoms with Gasteiger partial charge in [-0.3, -0.25) is 15.0 Å². The van der Waals surface area contributed by atoms with Gasteiger partial charge in [-0.25, -0.2) is 4.79 Å². The van der Waals surface area contributed by atoms with E-state index >= 15 is 0 Å². The molecule has 0 heterocycles. The molecule has 192 valence electrons. The summed E-state index contributed by atoms with van der Waals surface area (Å²) in [5.74, 6) is -0.791. The molecule has 0 saturated heterocycles. The van der Waals surface area contributed by atoms with E-state index < -0.39 is 5.97 Å². The van der Waals surface area contributed by atoms with E-state index in [4.69, 9.17) is 25.4 Å². The normalized spacial score (nSPS) is 11.0.